The van der Waals surface area contributed by atoms with Gasteiger partial charge in [0.1, 0.15) is 0 Å². The van der Waals surface area contributed by atoms with Crippen LogP contribution in [0.25, 0.3) is 11.5 Å². The number of aryl methyl sites for hydroxylation is 1. The minimum absolute atomic E-state index is 0.0991. The van der Waals surface area contributed by atoms with Crippen molar-refractivity contribution < 1.29 is 12.9 Å². The summed E-state index contributed by atoms with van der Waals surface area (Å²) in [6.45, 7) is 7.11. The fourth-order valence-electron chi connectivity index (χ4n) is 3.82. The Balaban J connectivity index is 1.43. The first kappa shape index (κ1) is 20.8. The summed E-state index contributed by atoms with van der Waals surface area (Å²) in [5.41, 5.74) is 3.17. The Kier molecular flexibility index (Phi) is 5.75. The number of sulfonamides is 1. The number of rotatable bonds is 5. The van der Waals surface area contributed by atoms with Gasteiger partial charge in [0.15, 0.2) is 5.82 Å². The first-order valence-corrected chi connectivity index (χ1v) is 11.8. The van der Waals surface area contributed by atoms with Gasteiger partial charge in [0, 0.05) is 24.6 Å². The zero-order chi connectivity index (χ0) is 21.3. The van der Waals surface area contributed by atoms with E-state index in [1.165, 1.54) is 0 Å². The maximum Gasteiger partial charge on any atom is 0.257 e. The van der Waals surface area contributed by atoms with E-state index in [0.29, 0.717) is 48.5 Å². The number of benzene rings is 2. The molecule has 0 unspecified atom stereocenters. The van der Waals surface area contributed by atoms with E-state index in [9.17, 15) is 8.42 Å². The van der Waals surface area contributed by atoms with Gasteiger partial charge in [-0.2, -0.15) is 9.29 Å². The molecule has 0 aliphatic carbocycles. The van der Waals surface area contributed by atoms with E-state index in [-0.39, 0.29) is 5.92 Å². The van der Waals surface area contributed by atoms with Crippen LogP contribution >= 0.6 is 0 Å². The van der Waals surface area contributed by atoms with Crippen molar-refractivity contribution in [3.05, 3.63) is 65.5 Å². The summed E-state index contributed by atoms with van der Waals surface area (Å²) in [4.78, 5) is 4.92. The summed E-state index contributed by atoms with van der Waals surface area (Å²) in [6.07, 6.45) is 1.35. The average molecular weight is 426 g/mol. The number of piperidine rings is 1. The maximum atomic E-state index is 13.0. The monoisotopic (exact) mass is 425 g/mol. The van der Waals surface area contributed by atoms with Crippen LogP contribution in [0.1, 0.15) is 55.5 Å². The zero-order valence-corrected chi connectivity index (χ0v) is 18.4. The second-order valence-electron chi connectivity index (χ2n) is 8.23. The highest BCUT2D eigenvalue weighted by Gasteiger charge is 2.32. The van der Waals surface area contributed by atoms with Gasteiger partial charge in [-0.15, -0.1) is 0 Å². The molecule has 0 amide bonds. The lowest BCUT2D eigenvalue weighted by atomic mass is 9.97. The molecule has 1 aromatic heterocycles. The molecule has 0 atom stereocenters. The molecule has 0 radical (unpaired) electrons. The van der Waals surface area contributed by atoms with E-state index >= 15 is 0 Å². The third-order valence-electron chi connectivity index (χ3n) is 5.71. The van der Waals surface area contributed by atoms with Crippen LogP contribution in [0.15, 0.2) is 57.9 Å². The summed E-state index contributed by atoms with van der Waals surface area (Å²) >= 11 is 0. The van der Waals surface area contributed by atoms with Gasteiger partial charge in [-0.3, -0.25) is 0 Å². The van der Waals surface area contributed by atoms with E-state index in [1.54, 1.807) is 16.4 Å². The summed E-state index contributed by atoms with van der Waals surface area (Å²) in [6, 6.07) is 15.2. The fourth-order valence-corrected chi connectivity index (χ4v) is 5.29. The van der Waals surface area contributed by atoms with Gasteiger partial charge in [0.05, 0.1) is 4.90 Å². The highest BCUT2D eigenvalue weighted by atomic mass is 32.2. The van der Waals surface area contributed by atoms with Crippen molar-refractivity contribution in [1.82, 2.24) is 14.4 Å². The van der Waals surface area contributed by atoms with Crippen molar-refractivity contribution in [3.63, 3.8) is 0 Å². The van der Waals surface area contributed by atoms with Crippen molar-refractivity contribution in [3.8, 4) is 11.5 Å². The van der Waals surface area contributed by atoms with E-state index < -0.39 is 10.0 Å². The molecule has 0 N–H and O–H groups in total. The van der Waals surface area contributed by atoms with Crippen LogP contribution < -0.4 is 0 Å². The minimum atomic E-state index is -3.48. The van der Waals surface area contributed by atoms with Gasteiger partial charge in [0.25, 0.3) is 5.89 Å². The number of nitrogens with zero attached hydrogens (tertiary/aromatic N) is 3. The molecule has 1 saturated heterocycles. The van der Waals surface area contributed by atoms with Gasteiger partial charge in [0.2, 0.25) is 10.0 Å². The molecule has 2 heterocycles. The summed E-state index contributed by atoms with van der Waals surface area (Å²) in [5.74, 6) is 1.64. The topological polar surface area (TPSA) is 76.3 Å². The largest absolute Gasteiger partial charge is 0.334 e. The Hall–Kier alpha value is -2.51. The molecule has 7 heteroatoms. The molecule has 6 nitrogen and oxygen atoms in total. The Bertz CT molecular complexity index is 1110. The zero-order valence-electron chi connectivity index (χ0n) is 17.6. The van der Waals surface area contributed by atoms with Gasteiger partial charge in [-0.25, -0.2) is 8.42 Å². The molecule has 3 aromatic rings. The average Bonchev–Trinajstić information content (AvgIpc) is 3.24. The molecule has 0 saturated carbocycles. The van der Waals surface area contributed by atoms with E-state index in [1.807, 2.05) is 43.3 Å². The van der Waals surface area contributed by atoms with Crippen molar-refractivity contribution in [2.45, 2.75) is 50.3 Å². The van der Waals surface area contributed by atoms with E-state index in [0.717, 1.165) is 16.7 Å². The molecule has 2 aromatic carbocycles. The predicted octanol–water partition coefficient (Wildman–Crippen LogP) is 4.74. The van der Waals surface area contributed by atoms with Crippen LogP contribution in [0.3, 0.4) is 0 Å². The second kappa shape index (κ2) is 8.32. The Morgan fingerprint density at radius 1 is 1.07 bits per heavy atom. The third kappa shape index (κ3) is 4.18. The third-order valence-corrected chi connectivity index (χ3v) is 7.62. The van der Waals surface area contributed by atoms with Crippen LogP contribution in [0.4, 0.5) is 0 Å². The highest BCUT2D eigenvalue weighted by molar-refractivity contribution is 7.89. The molecule has 1 fully saturated rings. The molecular weight excluding hydrogens is 398 g/mol. The maximum absolute atomic E-state index is 13.0. The number of hydrogen-bond donors (Lipinski definition) is 0. The Morgan fingerprint density at radius 3 is 2.40 bits per heavy atom. The Labute approximate surface area is 178 Å². The first-order chi connectivity index (χ1) is 14.3. The van der Waals surface area contributed by atoms with Gasteiger partial charge in [-0.1, -0.05) is 48.8 Å². The van der Waals surface area contributed by atoms with Gasteiger partial charge >= 0.3 is 0 Å². The molecule has 4 rings (SSSR count). The molecule has 30 heavy (non-hydrogen) atoms. The van der Waals surface area contributed by atoms with Gasteiger partial charge in [-0.05, 0) is 55.5 Å². The standard InChI is InChI=1S/C23H27N3O3S/c1-16(2)18-7-9-21(10-8-18)30(27,28)26-13-11-19(12-14-26)22-24-23(29-25-22)20-6-4-5-17(3)15-20/h4-10,15-16,19H,11-14H2,1-3H3. The van der Waals surface area contributed by atoms with Crippen LogP contribution in [-0.4, -0.2) is 36.0 Å². The summed E-state index contributed by atoms with van der Waals surface area (Å²) in [7, 11) is -3.48. The quantitative estimate of drug-likeness (QED) is 0.590. The minimum Gasteiger partial charge on any atom is -0.334 e. The molecular formula is C23H27N3O3S. The molecule has 0 bridgehead atoms. The predicted molar refractivity (Wildman–Crippen MR) is 116 cm³/mol. The summed E-state index contributed by atoms with van der Waals surface area (Å²) < 4.78 is 33.0. The van der Waals surface area contributed by atoms with E-state index in [2.05, 4.69) is 24.0 Å². The Morgan fingerprint density at radius 2 is 1.77 bits per heavy atom. The SMILES string of the molecule is Cc1cccc(-c2nc(C3CCN(S(=O)(=O)c4ccc(C(C)C)cc4)CC3)no2)c1. The molecule has 1 aliphatic rings. The van der Waals surface area contributed by atoms with Gasteiger partial charge < -0.3 is 4.52 Å². The number of aromatic nitrogens is 2. The van der Waals surface area contributed by atoms with Crippen molar-refractivity contribution >= 4 is 10.0 Å². The molecule has 0 spiro atoms. The van der Waals surface area contributed by atoms with Crippen LogP contribution in [0.2, 0.25) is 0 Å². The van der Waals surface area contributed by atoms with E-state index in [4.69, 9.17) is 4.52 Å². The normalized spacial score (nSPS) is 16.3. The number of hydrogen-bond acceptors (Lipinski definition) is 5. The molecule has 158 valence electrons. The molecule has 1 aliphatic heterocycles. The lowest BCUT2D eigenvalue weighted by molar-refractivity contribution is 0.307. The lowest BCUT2D eigenvalue weighted by Crippen LogP contribution is -2.38. The highest BCUT2D eigenvalue weighted by Crippen LogP contribution is 2.31. The summed E-state index contributed by atoms with van der Waals surface area (Å²) in [5, 5.41) is 4.16. The smallest absolute Gasteiger partial charge is 0.257 e. The first-order valence-electron chi connectivity index (χ1n) is 10.4. The second-order valence-corrected chi connectivity index (χ2v) is 10.2. The van der Waals surface area contributed by atoms with Crippen molar-refractivity contribution in [1.29, 1.82) is 0 Å². The van der Waals surface area contributed by atoms with Crippen LogP contribution in [0.5, 0.6) is 0 Å². The lowest BCUT2D eigenvalue weighted by Gasteiger charge is -2.29. The van der Waals surface area contributed by atoms with Crippen molar-refractivity contribution in [2.75, 3.05) is 13.1 Å². The fraction of sp³-hybridized carbons (Fsp3) is 0.391. The van der Waals surface area contributed by atoms with Crippen LogP contribution in [-0.2, 0) is 10.0 Å². The van der Waals surface area contributed by atoms with Crippen molar-refractivity contribution in [2.24, 2.45) is 0 Å². The van der Waals surface area contributed by atoms with Crippen LogP contribution in [0, 0.1) is 6.92 Å².